The van der Waals surface area contributed by atoms with Gasteiger partial charge in [0, 0.05) is 0 Å². The number of rotatable bonds is 3. The molecule has 116 valence electrons. The van der Waals surface area contributed by atoms with Crippen molar-refractivity contribution in [3.8, 4) is 0 Å². The minimum Gasteiger partial charge on any atom is -1.00 e. The van der Waals surface area contributed by atoms with E-state index in [4.69, 9.17) is 0 Å². The Hall–Kier alpha value is -0.887. The quantitative estimate of drug-likeness (QED) is 0.575. The maximum atomic E-state index is 4.47. The topological polar surface area (TPSA) is 17.8 Å². The molecule has 4 rings (SSSR count). The molecule has 0 aliphatic heterocycles. The first-order chi connectivity index (χ1) is 10.3. The summed E-state index contributed by atoms with van der Waals surface area (Å²) in [6.45, 7) is 2.26. The summed E-state index contributed by atoms with van der Waals surface area (Å²) in [7, 11) is 0. The van der Waals surface area contributed by atoms with Crippen LogP contribution in [0.5, 0.6) is 0 Å². The third-order valence-corrected chi connectivity index (χ3v) is 8.69. The summed E-state index contributed by atoms with van der Waals surface area (Å²) in [6.07, 6.45) is 12.0. The van der Waals surface area contributed by atoms with Gasteiger partial charge in [-0.05, 0) is 0 Å². The molecular weight excluding hydrogens is 406 g/mol. The standard InChI is InChI=1S/C12H9N2.C6H7.2ClH.Zr/c1-2-5-11-9-12(8-10(11)4-1)14-7-3-6-13-14;1-6-4-2-3-5-6;;;/h1-9H;2,4H,3H2,1H3;2*1H;/q;;;;+2/p-2. The predicted molar refractivity (Wildman–Crippen MR) is 82.0 cm³/mol. The van der Waals surface area contributed by atoms with Crippen LogP contribution in [0.1, 0.15) is 28.1 Å². The van der Waals surface area contributed by atoms with E-state index >= 15 is 0 Å². The van der Waals surface area contributed by atoms with Gasteiger partial charge in [-0.15, -0.1) is 0 Å². The van der Waals surface area contributed by atoms with Gasteiger partial charge in [0.1, 0.15) is 0 Å². The zero-order valence-electron chi connectivity index (χ0n) is 12.7. The predicted octanol–water partition coefficient (Wildman–Crippen LogP) is -1.74. The Balaban J connectivity index is 0.000000960. The molecule has 1 unspecified atom stereocenters. The molecule has 2 aromatic rings. The first kappa shape index (κ1) is 18.5. The van der Waals surface area contributed by atoms with Gasteiger partial charge in [0.05, 0.1) is 0 Å². The van der Waals surface area contributed by atoms with Crippen molar-refractivity contribution in [2.24, 2.45) is 0 Å². The fourth-order valence-electron chi connectivity index (χ4n) is 3.04. The van der Waals surface area contributed by atoms with Gasteiger partial charge in [0.2, 0.25) is 0 Å². The number of fused-ring (bicyclic) bond motifs is 1. The molecule has 0 N–H and O–H groups in total. The van der Waals surface area contributed by atoms with E-state index < -0.39 is 23.2 Å². The van der Waals surface area contributed by atoms with Crippen molar-refractivity contribution in [3.63, 3.8) is 0 Å². The molecule has 1 aromatic heterocycles. The number of hydrogen-bond acceptors (Lipinski definition) is 1. The van der Waals surface area contributed by atoms with Crippen molar-refractivity contribution in [3.05, 3.63) is 74.9 Å². The van der Waals surface area contributed by atoms with E-state index in [-0.39, 0.29) is 24.8 Å². The second kappa shape index (κ2) is 7.79. The zero-order chi connectivity index (χ0) is 14.2. The molecule has 0 bridgehead atoms. The van der Waals surface area contributed by atoms with Gasteiger partial charge in [0.25, 0.3) is 0 Å². The minimum atomic E-state index is -0.700. The second-order valence-electron chi connectivity index (χ2n) is 5.49. The average molecular weight is 422 g/mol. The molecule has 0 saturated heterocycles. The van der Waals surface area contributed by atoms with E-state index in [1.807, 2.05) is 12.3 Å². The molecule has 2 nitrogen and oxygen atoms in total. The number of aromatic nitrogens is 2. The van der Waals surface area contributed by atoms with Crippen molar-refractivity contribution >= 4 is 11.8 Å². The van der Waals surface area contributed by atoms with Crippen LogP contribution in [0.3, 0.4) is 0 Å². The Labute approximate surface area is 160 Å². The van der Waals surface area contributed by atoms with Crippen LogP contribution < -0.4 is 24.8 Å². The summed E-state index contributed by atoms with van der Waals surface area (Å²) < 4.78 is 4.36. The van der Waals surface area contributed by atoms with Crippen molar-refractivity contribution in [2.45, 2.75) is 17.0 Å². The number of benzene rings is 1. The molecule has 1 heterocycles. The van der Waals surface area contributed by atoms with Gasteiger partial charge in [0.15, 0.2) is 0 Å². The van der Waals surface area contributed by atoms with E-state index in [0.29, 0.717) is 3.63 Å². The molecule has 0 spiro atoms. The molecule has 0 fully saturated rings. The second-order valence-corrected chi connectivity index (χ2v) is 9.11. The third-order valence-electron chi connectivity index (χ3n) is 4.16. The maximum absolute atomic E-state index is 4.47. The SMILES string of the molecule is CC1=[C]([Zr+2][CH]2C(n3cccn3)=Cc3ccccc32)CC=C1.[Cl-].[Cl-]. The van der Waals surface area contributed by atoms with Crippen LogP contribution in [0, 0.1) is 0 Å². The Bertz CT molecular complexity index is 776. The molecule has 2 aliphatic rings. The maximum Gasteiger partial charge on any atom is -1.00 e. The fourth-order valence-corrected chi connectivity index (χ4v) is 7.16. The Morgan fingerprint density at radius 2 is 2.00 bits per heavy atom. The van der Waals surface area contributed by atoms with Crippen LogP contribution in [0.15, 0.2) is 63.7 Å². The first-order valence-electron chi connectivity index (χ1n) is 7.26. The number of nitrogens with zero attached hydrogens (tertiary/aromatic N) is 2. The smallest absolute Gasteiger partial charge is 1.00 e. The molecule has 2 aliphatic carbocycles. The Morgan fingerprint density at radius 1 is 1.17 bits per heavy atom. The first-order valence-corrected chi connectivity index (χ1v) is 9.91. The molecule has 1 aromatic carbocycles. The average Bonchev–Trinajstić information content (AvgIpc) is 3.21. The van der Waals surface area contributed by atoms with Gasteiger partial charge in [-0.2, -0.15) is 0 Å². The molecule has 1 atom stereocenters. The van der Waals surface area contributed by atoms with Crippen molar-refractivity contribution in [2.75, 3.05) is 0 Å². The van der Waals surface area contributed by atoms with Crippen LogP contribution in [0.2, 0.25) is 0 Å². The molecule has 0 radical (unpaired) electrons. The van der Waals surface area contributed by atoms with Crippen molar-refractivity contribution in [1.82, 2.24) is 9.78 Å². The van der Waals surface area contributed by atoms with Gasteiger partial charge >= 0.3 is 137 Å². The molecule has 0 amide bonds. The molecule has 23 heavy (non-hydrogen) atoms. The van der Waals surface area contributed by atoms with Crippen LogP contribution in [-0.2, 0) is 23.2 Å². The molecule has 5 heteroatoms. The number of hydrogen-bond donors (Lipinski definition) is 0. The Morgan fingerprint density at radius 3 is 2.70 bits per heavy atom. The van der Waals surface area contributed by atoms with Crippen LogP contribution in [0.25, 0.3) is 11.8 Å². The van der Waals surface area contributed by atoms with Crippen molar-refractivity contribution in [1.29, 1.82) is 0 Å². The fraction of sp³-hybridized carbons (Fsp3) is 0.167. The molecular formula is C18H16Cl2N2Zr. The van der Waals surface area contributed by atoms with E-state index in [2.05, 4.69) is 65.4 Å². The number of halogens is 2. The normalized spacial score (nSPS) is 18.0. The Kier molecular flexibility index (Phi) is 6.25. The van der Waals surface area contributed by atoms with Gasteiger partial charge in [-0.3, -0.25) is 0 Å². The number of allylic oxidation sites excluding steroid dienone is 5. The van der Waals surface area contributed by atoms with Crippen LogP contribution >= 0.6 is 0 Å². The van der Waals surface area contributed by atoms with E-state index in [9.17, 15) is 0 Å². The summed E-state index contributed by atoms with van der Waals surface area (Å²) in [4.78, 5) is 0. The summed E-state index contributed by atoms with van der Waals surface area (Å²) >= 11 is -0.700. The summed E-state index contributed by atoms with van der Waals surface area (Å²) in [5.74, 6) is 0. The minimum absolute atomic E-state index is 0. The van der Waals surface area contributed by atoms with E-state index in [1.165, 1.54) is 28.8 Å². The van der Waals surface area contributed by atoms with Gasteiger partial charge in [-0.1, -0.05) is 0 Å². The largest absolute Gasteiger partial charge is 1.00 e. The van der Waals surface area contributed by atoms with Crippen molar-refractivity contribution < 1.29 is 48.0 Å². The van der Waals surface area contributed by atoms with E-state index in [1.54, 1.807) is 3.28 Å². The van der Waals surface area contributed by atoms with Gasteiger partial charge < -0.3 is 24.8 Å². The van der Waals surface area contributed by atoms with E-state index in [0.717, 1.165) is 0 Å². The summed E-state index contributed by atoms with van der Waals surface area (Å²) in [5, 5.41) is 4.47. The monoisotopic (exact) mass is 420 g/mol. The zero-order valence-corrected chi connectivity index (χ0v) is 16.7. The van der Waals surface area contributed by atoms with Crippen LogP contribution in [0.4, 0.5) is 0 Å². The summed E-state index contributed by atoms with van der Waals surface area (Å²) in [6, 6.07) is 10.8. The third kappa shape index (κ3) is 3.47. The molecule has 0 saturated carbocycles. The van der Waals surface area contributed by atoms with Crippen LogP contribution in [-0.4, -0.2) is 9.78 Å². The summed E-state index contributed by atoms with van der Waals surface area (Å²) in [5.41, 5.74) is 5.74. The van der Waals surface area contributed by atoms with Gasteiger partial charge in [-0.25, -0.2) is 0 Å².